The number of hydrogen-bond donors (Lipinski definition) is 3. The lowest BCUT2D eigenvalue weighted by atomic mass is 9.33. The van der Waals surface area contributed by atoms with E-state index < -0.39 is 11.1 Å². The average Bonchev–Trinajstić information content (AvgIpc) is 3.47. The summed E-state index contributed by atoms with van der Waals surface area (Å²) in [6.45, 7) is 25.1. The van der Waals surface area contributed by atoms with Gasteiger partial charge < -0.3 is 30.0 Å². The van der Waals surface area contributed by atoms with Gasteiger partial charge in [0.05, 0.1) is 18.1 Å². The van der Waals surface area contributed by atoms with Crippen LogP contribution in [-0.4, -0.2) is 72.8 Å². The monoisotopic (exact) mass is 845 g/mol. The summed E-state index contributed by atoms with van der Waals surface area (Å²) in [5.41, 5.74) is -0.0214. The smallest absolute Gasteiger partial charge is 0.309 e. The normalized spacial score (nSPS) is 37.4. The van der Waals surface area contributed by atoms with Crippen LogP contribution < -0.4 is 15.4 Å². The van der Waals surface area contributed by atoms with Crippen molar-refractivity contribution < 1.29 is 38.5 Å². The van der Waals surface area contributed by atoms with Gasteiger partial charge in [-0.05, 0) is 158 Å². The average molecular weight is 845 g/mol. The number of hydrogen-bond acceptors (Lipinski definition) is 8. The predicted octanol–water partition coefficient (Wildman–Crippen LogP) is 8.64. The number of benzene rings is 1. The number of Topliss-reactive ketones (excluding diaryl/α,β-unsaturated/α-hetero) is 1. The highest BCUT2D eigenvalue weighted by atomic mass is 16.5. The maximum atomic E-state index is 14.5. The summed E-state index contributed by atoms with van der Waals surface area (Å²) in [6, 6.07) is 6.85. The van der Waals surface area contributed by atoms with Gasteiger partial charge in [-0.15, -0.1) is 0 Å². The number of rotatable bonds is 12. The minimum atomic E-state index is -1.25. The van der Waals surface area contributed by atoms with Crippen molar-refractivity contribution in [3.05, 3.63) is 41.0 Å². The first kappa shape index (κ1) is 45.8. The van der Waals surface area contributed by atoms with E-state index in [0.29, 0.717) is 49.2 Å². The number of aliphatic hydroxyl groups is 1. The number of fused-ring (bicyclic) bond motifs is 7. The molecule has 0 heterocycles. The Balaban J connectivity index is 1.10. The molecule has 6 aliphatic rings. The van der Waals surface area contributed by atoms with E-state index in [1.807, 2.05) is 0 Å². The van der Waals surface area contributed by atoms with Crippen LogP contribution in [0.1, 0.15) is 151 Å². The fraction of sp³-hybridized carbons (Fsp3) is 0.765. The molecule has 0 unspecified atom stereocenters. The molecule has 5 fully saturated rings. The molecule has 0 saturated heterocycles. The van der Waals surface area contributed by atoms with Gasteiger partial charge in [-0.3, -0.25) is 19.2 Å². The largest absolute Gasteiger partial charge is 0.491 e. The first-order chi connectivity index (χ1) is 28.4. The molecule has 1 aromatic rings. The number of nitrogens with one attached hydrogen (secondary N) is 2. The van der Waals surface area contributed by atoms with Gasteiger partial charge in [0, 0.05) is 31.1 Å². The molecule has 7 rings (SSSR count). The van der Waals surface area contributed by atoms with E-state index in [4.69, 9.17) is 14.2 Å². The number of carbonyl (C=O) groups excluding carboxylic acids is 4. The Kier molecular flexibility index (Phi) is 11.8. The lowest BCUT2D eigenvalue weighted by Crippen LogP contribution is -2.68. The molecule has 1 aromatic carbocycles. The van der Waals surface area contributed by atoms with Crippen LogP contribution in [0.25, 0.3) is 0 Å². The molecule has 338 valence electrons. The summed E-state index contributed by atoms with van der Waals surface area (Å²) in [5, 5.41) is 16.3. The second-order valence-electron chi connectivity index (χ2n) is 23.0. The molecule has 2 amide bonds. The van der Waals surface area contributed by atoms with Gasteiger partial charge in [0.15, 0.2) is 5.78 Å². The second kappa shape index (κ2) is 15.8. The van der Waals surface area contributed by atoms with Gasteiger partial charge in [-0.2, -0.15) is 0 Å². The van der Waals surface area contributed by atoms with Crippen LogP contribution >= 0.6 is 0 Å². The highest BCUT2D eigenvalue weighted by Crippen LogP contribution is 2.76. The Labute approximate surface area is 365 Å². The first-order valence-corrected chi connectivity index (χ1v) is 23.4. The van der Waals surface area contributed by atoms with Crippen molar-refractivity contribution in [2.75, 3.05) is 26.9 Å². The van der Waals surface area contributed by atoms with Crippen molar-refractivity contribution in [1.82, 2.24) is 10.6 Å². The van der Waals surface area contributed by atoms with Gasteiger partial charge in [0.1, 0.15) is 24.0 Å². The van der Waals surface area contributed by atoms with Crippen molar-refractivity contribution in [3.8, 4) is 5.75 Å². The molecule has 10 nitrogen and oxygen atoms in total. The van der Waals surface area contributed by atoms with Crippen LogP contribution in [0.5, 0.6) is 5.75 Å². The van der Waals surface area contributed by atoms with Gasteiger partial charge in [0.2, 0.25) is 5.91 Å². The quantitative estimate of drug-likeness (QED) is 0.140. The lowest BCUT2D eigenvalue weighted by Gasteiger charge is -2.72. The van der Waals surface area contributed by atoms with Gasteiger partial charge >= 0.3 is 5.97 Å². The molecule has 0 aromatic heterocycles. The van der Waals surface area contributed by atoms with E-state index in [2.05, 4.69) is 72.9 Å². The third-order valence-electron chi connectivity index (χ3n) is 18.6. The van der Waals surface area contributed by atoms with Crippen molar-refractivity contribution in [2.45, 2.75) is 158 Å². The molecule has 10 heteroatoms. The van der Waals surface area contributed by atoms with Crippen LogP contribution in [0.2, 0.25) is 0 Å². The van der Waals surface area contributed by atoms with E-state index in [1.54, 1.807) is 45.2 Å². The summed E-state index contributed by atoms with van der Waals surface area (Å²) < 4.78 is 17.2. The Morgan fingerprint density at radius 2 is 1.54 bits per heavy atom. The van der Waals surface area contributed by atoms with E-state index >= 15 is 0 Å². The van der Waals surface area contributed by atoms with Crippen LogP contribution in [0, 0.1) is 62.6 Å². The molecule has 5 saturated carbocycles. The highest BCUT2D eigenvalue weighted by molar-refractivity contribution is 6.03. The fourth-order valence-corrected chi connectivity index (χ4v) is 14.6. The summed E-state index contributed by atoms with van der Waals surface area (Å²) in [6.07, 6.45) is 8.39. The van der Waals surface area contributed by atoms with Crippen molar-refractivity contribution in [2.24, 2.45) is 62.6 Å². The zero-order valence-electron chi connectivity index (χ0n) is 39.3. The minimum absolute atomic E-state index is 0.00449. The molecule has 0 bridgehead atoms. The molecular formula is C51H76N2O8. The van der Waals surface area contributed by atoms with Crippen LogP contribution in [0.15, 0.2) is 35.4 Å². The van der Waals surface area contributed by atoms with Gasteiger partial charge in [0.25, 0.3) is 5.91 Å². The Bertz CT molecular complexity index is 1930. The number of amides is 2. The zero-order valence-corrected chi connectivity index (χ0v) is 39.3. The van der Waals surface area contributed by atoms with Crippen molar-refractivity contribution in [1.29, 1.82) is 0 Å². The maximum Gasteiger partial charge on any atom is 0.309 e. The first-order valence-electron chi connectivity index (χ1n) is 23.4. The molecule has 6 aliphatic carbocycles. The van der Waals surface area contributed by atoms with E-state index in [0.717, 1.165) is 56.1 Å². The third kappa shape index (κ3) is 7.20. The summed E-state index contributed by atoms with van der Waals surface area (Å²) in [4.78, 5) is 55.9. The van der Waals surface area contributed by atoms with Gasteiger partial charge in [-0.1, -0.05) is 62.3 Å². The van der Waals surface area contributed by atoms with E-state index in [9.17, 15) is 24.3 Å². The number of ether oxygens (including phenoxy) is 3. The summed E-state index contributed by atoms with van der Waals surface area (Å²) in [5.74, 6) is 1.03. The van der Waals surface area contributed by atoms with Crippen molar-refractivity contribution >= 4 is 23.6 Å². The topological polar surface area (TPSA) is 140 Å². The third-order valence-corrected chi connectivity index (χ3v) is 18.6. The molecule has 0 spiro atoms. The predicted molar refractivity (Wildman–Crippen MR) is 236 cm³/mol. The van der Waals surface area contributed by atoms with Crippen LogP contribution in [-0.2, 0) is 23.9 Å². The number of ketones is 1. The number of carbonyl (C=O) groups is 4. The zero-order chi connectivity index (χ0) is 44.7. The second-order valence-corrected chi connectivity index (χ2v) is 23.0. The Morgan fingerprint density at radius 1 is 0.852 bits per heavy atom. The Hall–Kier alpha value is -3.24. The number of methoxy groups -OCH3 is 1. The Morgan fingerprint density at radius 3 is 2.16 bits per heavy atom. The molecule has 61 heavy (non-hydrogen) atoms. The molecule has 0 aliphatic heterocycles. The summed E-state index contributed by atoms with van der Waals surface area (Å²) >= 11 is 0. The number of allylic oxidation sites excluding steroid dienone is 1. The lowest BCUT2D eigenvalue weighted by molar-refractivity contribution is -0.235. The number of esters is 1. The standard InChI is InChI=1S/C51H76N2O8/c1-30(2)40-36(55)28-51(53-44(58)47(7,8)52-42(56)31-13-15-33(16-14-31)60-26-25-59-12)24-23-49(10)34(41(40)51)17-18-38-48(9)21-20-39(46(5,6)37(48)19-22-50(38,49)11)61-43(57)35-27-32(29-54)45(35,3)4/h13-16,30,32,34-35,37-39,54H,17-29H2,1-12H3,(H,52,56)(H,53,58)/t32-,34+,35+,37-,38+,39-,48-,49+,50+,51+/m0/s1. The van der Waals surface area contributed by atoms with E-state index in [1.165, 1.54) is 0 Å². The highest BCUT2D eigenvalue weighted by Gasteiger charge is 2.70. The SMILES string of the molecule is COCCOc1ccc(C(=O)NC(C)(C)C(=O)N[C@@]23CC[C@]4(C)[C@H](CC[C@@H]5[C@@]6(C)CC[C@H](OC(=O)[C@H]7C[C@@H](CO)C7(C)C)C(C)(C)[C@@H]6CC[C@]54C)C2=C(C(C)C)C(=O)C3)cc1. The molecular weight excluding hydrogens is 769 g/mol. The van der Waals surface area contributed by atoms with Crippen LogP contribution in [0.3, 0.4) is 0 Å². The molecule has 10 atom stereocenters. The maximum absolute atomic E-state index is 14.5. The van der Waals surface area contributed by atoms with Gasteiger partial charge in [-0.25, -0.2) is 0 Å². The molecule has 0 radical (unpaired) electrons. The summed E-state index contributed by atoms with van der Waals surface area (Å²) in [7, 11) is 1.61. The number of aliphatic hydroxyl groups excluding tert-OH is 1. The fourth-order valence-electron chi connectivity index (χ4n) is 14.6. The van der Waals surface area contributed by atoms with Crippen molar-refractivity contribution in [3.63, 3.8) is 0 Å². The van der Waals surface area contributed by atoms with E-state index in [-0.39, 0.29) is 93.4 Å². The minimum Gasteiger partial charge on any atom is -0.491 e. The molecule has 3 N–H and O–H groups in total. The van der Waals surface area contributed by atoms with Crippen LogP contribution in [0.4, 0.5) is 0 Å².